The van der Waals surface area contributed by atoms with E-state index < -0.39 is 80.4 Å². The molecule has 0 N–H and O–H groups in total. The number of rotatable bonds is 4. The van der Waals surface area contributed by atoms with Crippen molar-refractivity contribution in [1.82, 2.24) is 19.9 Å². The van der Waals surface area contributed by atoms with Crippen molar-refractivity contribution >= 4 is 70.3 Å². The van der Waals surface area contributed by atoms with Crippen LogP contribution >= 0.6 is 0 Å². The van der Waals surface area contributed by atoms with E-state index in [2.05, 4.69) is 31.8 Å². The van der Waals surface area contributed by atoms with E-state index in [1.165, 1.54) is 48.6 Å². The molecule has 0 fully saturated rings. The molecule has 318 valence electrons. The SMILES string of the molecule is C#Cc1ccc(-c2c3nc(c(-c4c(F)c(F)c(F)c(F)c4F)c4ccc([n-]4)c(-c4ccc(C#C)cc4)c4nc(c(-c5c(F)c(F)c(F)c(F)c5F)c5ccc2[n-]5)C=C4)C=C3)cc1.[Cl-].[Cl-].[Sn+4]. The fraction of sp³-hybridized carbons (Fsp3) is 0. The van der Waals surface area contributed by atoms with E-state index in [4.69, 9.17) is 12.8 Å². The monoisotopic (exact) mass is 1030 g/mol. The van der Waals surface area contributed by atoms with Crippen LogP contribution in [0.5, 0.6) is 0 Å². The summed E-state index contributed by atoms with van der Waals surface area (Å²) in [6, 6.07) is 17.6. The minimum atomic E-state index is -2.39. The molecule has 4 nitrogen and oxygen atoms in total. The minimum absolute atomic E-state index is 0. The molecule has 5 heterocycles. The molecule has 0 atom stereocenters. The maximum atomic E-state index is 15.8. The van der Waals surface area contributed by atoms with Gasteiger partial charge in [-0.1, -0.05) is 60.4 Å². The summed E-state index contributed by atoms with van der Waals surface area (Å²) in [5, 5.41) is 0. The van der Waals surface area contributed by atoms with Gasteiger partial charge in [-0.2, -0.15) is 0 Å². The number of terminal acetylenes is 2. The van der Waals surface area contributed by atoms with E-state index in [1.54, 1.807) is 48.5 Å². The predicted molar refractivity (Wildman–Crippen MR) is 220 cm³/mol. The molecule has 4 aromatic carbocycles. The second-order valence-corrected chi connectivity index (χ2v) is 13.7. The molecule has 2 aliphatic rings. The standard InChI is InChI=1S/C48H18F10N4.2ClH.Sn/c1-3-21-5-9-23(10-6-21)33-25-13-17-29(59-25)35(37-39(49)43(53)47(57)44(54)40(37)50)31-19-15-27(61-31)34(24-11-7-22(4-2)8-12-24)28-16-20-32(62-28)36(30-18-14-26(33)60-30)38-41(51)45(55)48(58)46(56)42(38)52;;;/h1-2,5-20H;2*1H;/q-2;;;+4/p-2. The maximum Gasteiger partial charge on any atom is 4.00 e. The van der Waals surface area contributed by atoms with Gasteiger partial charge in [0, 0.05) is 11.1 Å². The minimum Gasteiger partial charge on any atom is -1.00 e. The summed E-state index contributed by atoms with van der Waals surface area (Å²) >= 11 is 0. The number of aromatic nitrogens is 4. The van der Waals surface area contributed by atoms with Crippen LogP contribution in [0, 0.1) is 82.9 Å². The van der Waals surface area contributed by atoms with Crippen LogP contribution in [0.3, 0.4) is 0 Å². The van der Waals surface area contributed by atoms with Crippen molar-refractivity contribution in [3.8, 4) is 69.2 Å². The number of halogens is 12. The Hall–Kier alpha value is -6.72. The van der Waals surface area contributed by atoms with Crippen molar-refractivity contribution in [1.29, 1.82) is 0 Å². The number of hydrogen-bond donors (Lipinski definition) is 0. The first-order chi connectivity index (χ1) is 29.8. The number of fused-ring (bicyclic) bond motifs is 8. The zero-order valence-electron chi connectivity index (χ0n) is 32.2. The van der Waals surface area contributed by atoms with Crippen LogP contribution in [0.2, 0.25) is 0 Å². The average Bonchev–Trinajstić information content (AvgIpc) is 4.14. The van der Waals surface area contributed by atoms with Crippen molar-refractivity contribution < 1.29 is 68.7 Å². The summed E-state index contributed by atoms with van der Waals surface area (Å²) < 4.78 is 152. The molecule has 0 amide bonds. The quantitative estimate of drug-likeness (QED) is 0.0763. The predicted octanol–water partition coefficient (Wildman–Crippen LogP) is 5.56. The van der Waals surface area contributed by atoms with Crippen LogP contribution in [0.25, 0.3) is 90.9 Å². The van der Waals surface area contributed by atoms with Crippen LogP contribution in [0.1, 0.15) is 33.9 Å². The number of nitrogens with zero attached hydrogens (tertiary/aromatic N) is 4. The second kappa shape index (κ2) is 18.4. The third kappa shape index (κ3) is 7.85. The summed E-state index contributed by atoms with van der Waals surface area (Å²) in [5.41, 5.74) is -3.32. The van der Waals surface area contributed by atoms with Crippen molar-refractivity contribution in [2.75, 3.05) is 0 Å². The van der Waals surface area contributed by atoms with Crippen molar-refractivity contribution in [2.24, 2.45) is 0 Å². The number of hydrogen-bond acceptors (Lipinski definition) is 2. The largest absolute Gasteiger partial charge is 4.00 e. The van der Waals surface area contributed by atoms with E-state index in [-0.39, 0.29) is 105 Å². The zero-order chi connectivity index (χ0) is 43.7. The Morgan fingerprint density at radius 1 is 0.338 bits per heavy atom. The third-order valence-corrected chi connectivity index (χ3v) is 10.2. The van der Waals surface area contributed by atoms with Gasteiger partial charge in [-0.05, 0) is 82.0 Å². The molecule has 0 spiro atoms. The van der Waals surface area contributed by atoms with Crippen LogP contribution < -0.4 is 34.8 Å². The average molecular weight is 1030 g/mol. The fourth-order valence-electron chi connectivity index (χ4n) is 7.31. The Morgan fingerprint density at radius 2 is 0.585 bits per heavy atom. The Balaban J connectivity index is 0.00000233. The molecule has 8 bridgehead atoms. The molecule has 0 unspecified atom stereocenters. The van der Waals surface area contributed by atoms with Gasteiger partial charge in [0.2, 0.25) is 11.6 Å². The van der Waals surface area contributed by atoms with Gasteiger partial charge < -0.3 is 34.8 Å². The summed E-state index contributed by atoms with van der Waals surface area (Å²) in [6.07, 6.45) is 16.3. The first-order valence-electron chi connectivity index (χ1n) is 18.0. The van der Waals surface area contributed by atoms with Gasteiger partial charge in [0.05, 0.1) is 33.9 Å². The third-order valence-electron chi connectivity index (χ3n) is 10.2. The summed E-state index contributed by atoms with van der Waals surface area (Å²) in [6.45, 7) is 0. The molecular weight excluding hydrogens is 1010 g/mol. The van der Waals surface area contributed by atoms with Crippen LogP contribution in [-0.4, -0.2) is 33.9 Å². The van der Waals surface area contributed by atoms with E-state index in [0.717, 1.165) is 0 Å². The summed E-state index contributed by atoms with van der Waals surface area (Å²) in [5.74, 6) is -17.4. The van der Waals surface area contributed by atoms with E-state index in [9.17, 15) is 26.3 Å². The Morgan fingerprint density at radius 3 is 0.862 bits per heavy atom. The van der Waals surface area contributed by atoms with Crippen molar-refractivity contribution in [3.05, 3.63) is 165 Å². The molecule has 9 rings (SSSR count). The topological polar surface area (TPSA) is 54.0 Å². The van der Waals surface area contributed by atoms with E-state index in [0.29, 0.717) is 22.3 Å². The van der Waals surface area contributed by atoms with Crippen LogP contribution in [0.4, 0.5) is 43.9 Å². The van der Waals surface area contributed by atoms with Crippen molar-refractivity contribution in [3.63, 3.8) is 0 Å². The number of benzene rings is 4. The molecule has 65 heavy (non-hydrogen) atoms. The second-order valence-electron chi connectivity index (χ2n) is 13.7. The molecule has 0 aliphatic carbocycles. The zero-order valence-corrected chi connectivity index (χ0v) is 36.6. The van der Waals surface area contributed by atoms with Gasteiger partial charge >= 0.3 is 23.9 Å². The Kier molecular flexibility index (Phi) is 13.5. The fourth-order valence-corrected chi connectivity index (χ4v) is 7.31. The van der Waals surface area contributed by atoms with Crippen molar-refractivity contribution in [2.45, 2.75) is 0 Å². The van der Waals surface area contributed by atoms with Crippen LogP contribution in [-0.2, 0) is 0 Å². The normalized spacial score (nSPS) is 11.3. The molecule has 17 heteroatoms. The van der Waals surface area contributed by atoms with Gasteiger partial charge in [0.15, 0.2) is 46.5 Å². The summed E-state index contributed by atoms with van der Waals surface area (Å²) in [4.78, 5) is 18.4. The van der Waals surface area contributed by atoms with Gasteiger partial charge in [-0.25, -0.2) is 53.9 Å². The van der Waals surface area contributed by atoms with Crippen LogP contribution in [0.15, 0.2) is 72.8 Å². The van der Waals surface area contributed by atoms with Gasteiger partial charge in [0.25, 0.3) is 0 Å². The molecule has 0 saturated heterocycles. The molecule has 2 aliphatic heterocycles. The van der Waals surface area contributed by atoms with Gasteiger partial charge in [-0.15, -0.1) is 34.9 Å². The van der Waals surface area contributed by atoms with E-state index in [1.807, 2.05) is 0 Å². The first-order valence-corrected chi connectivity index (χ1v) is 18.0. The molecule has 0 saturated carbocycles. The smallest absolute Gasteiger partial charge is 1.00 e. The summed E-state index contributed by atoms with van der Waals surface area (Å²) in [7, 11) is 0. The van der Waals surface area contributed by atoms with Gasteiger partial charge in [0.1, 0.15) is 0 Å². The molecule has 7 aromatic rings. The maximum absolute atomic E-state index is 15.8. The first kappa shape index (κ1) is 47.8. The molecular formula is C48H18Cl2F10N4Sn. The Bertz CT molecular complexity index is 3150. The molecule has 3 aromatic heterocycles. The van der Waals surface area contributed by atoms with E-state index >= 15 is 17.6 Å². The molecule has 0 radical (unpaired) electrons. The van der Waals surface area contributed by atoms with Gasteiger partial charge in [-0.3, -0.25) is 0 Å². The Labute approximate surface area is 391 Å².